The number of aliphatic imine (C=N–C) groups is 1. The monoisotopic (exact) mass is 354 g/mol. The van der Waals surface area contributed by atoms with E-state index in [1.54, 1.807) is 32.6 Å². The summed E-state index contributed by atoms with van der Waals surface area (Å²) in [6.45, 7) is 6.20. The van der Waals surface area contributed by atoms with Crippen molar-refractivity contribution in [3.8, 4) is 11.5 Å². The number of methoxy groups -OCH3 is 2. The third kappa shape index (κ3) is 5.43. The molecular formula is C21H26N2O3. The first-order valence-corrected chi connectivity index (χ1v) is 8.67. The van der Waals surface area contributed by atoms with Gasteiger partial charge in [-0.15, -0.1) is 0 Å². The van der Waals surface area contributed by atoms with Crippen molar-refractivity contribution in [2.45, 2.75) is 12.8 Å². The minimum absolute atomic E-state index is 0.476. The predicted molar refractivity (Wildman–Crippen MR) is 106 cm³/mol. The molecule has 0 radical (unpaired) electrons. The maximum Gasteiger partial charge on any atom is 0.161 e. The number of nitrogens with one attached hydrogen (secondary N) is 1. The van der Waals surface area contributed by atoms with E-state index in [-0.39, 0.29) is 0 Å². The number of hydrogen-bond donors (Lipinski definition) is 1. The Hall–Kier alpha value is -2.66. The molecular weight excluding hydrogens is 328 g/mol. The van der Waals surface area contributed by atoms with Gasteiger partial charge in [0.15, 0.2) is 11.5 Å². The van der Waals surface area contributed by atoms with E-state index in [1.807, 2.05) is 18.2 Å². The lowest BCUT2D eigenvalue weighted by atomic mass is 9.92. The van der Waals surface area contributed by atoms with Crippen molar-refractivity contribution in [2.24, 2.45) is 10.9 Å². The molecule has 138 valence electrons. The van der Waals surface area contributed by atoms with E-state index in [2.05, 4.69) is 16.9 Å². The first-order chi connectivity index (χ1) is 12.7. The van der Waals surface area contributed by atoms with Gasteiger partial charge in [0.2, 0.25) is 0 Å². The van der Waals surface area contributed by atoms with Gasteiger partial charge in [-0.05, 0) is 49.6 Å². The number of hydrogen-bond acceptors (Lipinski definition) is 5. The predicted octanol–water partition coefficient (Wildman–Crippen LogP) is 3.43. The smallest absolute Gasteiger partial charge is 0.161 e. The van der Waals surface area contributed by atoms with Crippen molar-refractivity contribution in [1.29, 1.82) is 0 Å². The van der Waals surface area contributed by atoms with Crippen LogP contribution in [0.1, 0.15) is 18.4 Å². The highest BCUT2D eigenvalue weighted by molar-refractivity contribution is 5.87. The molecule has 1 saturated heterocycles. The van der Waals surface area contributed by atoms with Crippen LogP contribution in [0.3, 0.4) is 0 Å². The summed E-state index contributed by atoms with van der Waals surface area (Å²) in [6.07, 6.45) is 10.00. The van der Waals surface area contributed by atoms with Gasteiger partial charge in [-0.1, -0.05) is 18.2 Å². The molecule has 1 atom stereocenters. The summed E-state index contributed by atoms with van der Waals surface area (Å²) in [6, 6.07) is 5.42. The molecule has 5 nitrogen and oxygen atoms in total. The number of carbonyl (C=O) groups is 1. The molecule has 26 heavy (non-hydrogen) atoms. The van der Waals surface area contributed by atoms with E-state index in [4.69, 9.17) is 9.47 Å². The van der Waals surface area contributed by atoms with Crippen molar-refractivity contribution in [3.05, 3.63) is 54.1 Å². The van der Waals surface area contributed by atoms with Crippen LogP contribution in [0.2, 0.25) is 0 Å². The topological polar surface area (TPSA) is 59.9 Å². The molecule has 5 heteroatoms. The number of piperidine rings is 1. The number of carbonyl (C=O) groups excluding carboxylic acids is 1. The van der Waals surface area contributed by atoms with Crippen molar-refractivity contribution < 1.29 is 14.3 Å². The minimum Gasteiger partial charge on any atom is -0.493 e. The van der Waals surface area contributed by atoms with Gasteiger partial charge in [-0.25, -0.2) is 0 Å². The SMILES string of the molecule is C=C(\C=C/C=N/C(=C\C=O)c1ccc(OC)c(OC)c1)C1CCCNC1. The van der Waals surface area contributed by atoms with Crippen LogP contribution in [-0.2, 0) is 4.79 Å². The van der Waals surface area contributed by atoms with E-state index in [9.17, 15) is 4.79 Å². The van der Waals surface area contributed by atoms with Gasteiger partial charge in [0.1, 0.15) is 6.29 Å². The zero-order valence-corrected chi connectivity index (χ0v) is 15.4. The fraction of sp³-hybridized carbons (Fsp3) is 0.333. The highest BCUT2D eigenvalue weighted by atomic mass is 16.5. The van der Waals surface area contributed by atoms with E-state index >= 15 is 0 Å². The Kier molecular flexibility index (Phi) is 7.83. The highest BCUT2D eigenvalue weighted by Crippen LogP contribution is 2.30. The van der Waals surface area contributed by atoms with Crippen molar-refractivity contribution >= 4 is 18.2 Å². The number of benzene rings is 1. The molecule has 1 aliphatic heterocycles. The Morgan fingerprint density at radius 3 is 2.77 bits per heavy atom. The molecule has 1 aromatic carbocycles. The summed E-state index contributed by atoms with van der Waals surface area (Å²) in [4.78, 5) is 15.4. The van der Waals surface area contributed by atoms with Gasteiger partial charge >= 0.3 is 0 Å². The van der Waals surface area contributed by atoms with Crippen molar-refractivity contribution in [3.63, 3.8) is 0 Å². The summed E-state index contributed by atoms with van der Waals surface area (Å²) < 4.78 is 10.5. The van der Waals surface area contributed by atoms with Crippen LogP contribution in [-0.4, -0.2) is 39.8 Å². The number of aldehydes is 1. The minimum atomic E-state index is 0.476. The zero-order chi connectivity index (χ0) is 18.8. The van der Waals surface area contributed by atoms with Crippen LogP contribution in [0, 0.1) is 5.92 Å². The average molecular weight is 354 g/mol. The molecule has 0 bridgehead atoms. The van der Waals surface area contributed by atoms with E-state index < -0.39 is 0 Å². The lowest BCUT2D eigenvalue weighted by Crippen LogP contribution is -2.30. The lowest BCUT2D eigenvalue weighted by molar-refractivity contribution is -0.104. The summed E-state index contributed by atoms with van der Waals surface area (Å²) in [7, 11) is 3.15. The van der Waals surface area contributed by atoms with Gasteiger partial charge in [-0.3, -0.25) is 9.79 Å². The zero-order valence-electron chi connectivity index (χ0n) is 15.4. The fourth-order valence-corrected chi connectivity index (χ4v) is 2.87. The summed E-state index contributed by atoms with van der Waals surface area (Å²) in [5.74, 6) is 1.69. The Balaban J connectivity index is 2.09. The average Bonchev–Trinajstić information content (AvgIpc) is 2.70. The molecule has 0 spiro atoms. The number of nitrogens with zero attached hydrogens (tertiary/aromatic N) is 1. The molecule has 0 aromatic heterocycles. The van der Waals surface area contributed by atoms with Crippen LogP contribution in [0.4, 0.5) is 0 Å². The molecule has 1 fully saturated rings. The van der Waals surface area contributed by atoms with Crippen molar-refractivity contribution in [1.82, 2.24) is 5.32 Å². The molecule has 2 rings (SSSR count). The summed E-state index contributed by atoms with van der Waals surface area (Å²) in [5.41, 5.74) is 2.42. The Bertz CT molecular complexity index is 714. The third-order valence-electron chi connectivity index (χ3n) is 4.34. The second kappa shape index (κ2) is 10.4. The summed E-state index contributed by atoms with van der Waals surface area (Å²) >= 11 is 0. The van der Waals surface area contributed by atoms with E-state index in [0.717, 1.165) is 36.9 Å². The van der Waals surface area contributed by atoms with Gasteiger partial charge in [0.05, 0.1) is 19.9 Å². The quantitative estimate of drug-likeness (QED) is 0.336. The number of allylic oxidation sites excluding steroid dienone is 3. The second-order valence-corrected chi connectivity index (χ2v) is 6.01. The summed E-state index contributed by atoms with van der Waals surface area (Å²) in [5, 5.41) is 3.38. The first-order valence-electron chi connectivity index (χ1n) is 8.67. The molecule has 0 saturated carbocycles. The molecule has 0 amide bonds. The van der Waals surface area contributed by atoms with Gasteiger partial charge in [-0.2, -0.15) is 0 Å². The van der Waals surface area contributed by atoms with E-state index in [0.29, 0.717) is 23.1 Å². The van der Waals surface area contributed by atoms with Crippen LogP contribution >= 0.6 is 0 Å². The van der Waals surface area contributed by atoms with Crippen LogP contribution in [0.25, 0.3) is 5.70 Å². The normalized spacial score (nSPS) is 18.2. The molecule has 1 N–H and O–H groups in total. The molecule has 1 aliphatic rings. The van der Waals surface area contributed by atoms with Gasteiger partial charge in [0, 0.05) is 24.4 Å². The first kappa shape index (κ1) is 19.7. The molecule has 0 aliphatic carbocycles. The Morgan fingerprint density at radius 1 is 1.31 bits per heavy atom. The van der Waals surface area contributed by atoms with Gasteiger partial charge in [0.25, 0.3) is 0 Å². The largest absolute Gasteiger partial charge is 0.493 e. The maximum atomic E-state index is 11.0. The maximum absolute atomic E-state index is 11.0. The van der Waals surface area contributed by atoms with E-state index in [1.165, 1.54) is 12.5 Å². The molecule has 1 heterocycles. The van der Waals surface area contributed by atoms with Gasteiger partial charge < -0.3 is 14.8 Å². The van der Waals surface area contributed by atoms with Crippen LogP contribution < -0.4 is 14.8 Å². The fourth-order valence-electron chi connectivity index (χ4n) is 2.87. The van der Waals surface area contributed by atoms with Crippen molar-refractivity contribution in [2.75, 3.05) is 27.3 Å². The molecule has 1 aromatic rings. The Labute approximate surface area is 155 Å². The number of ether oxygens (including phenoxy) is 2. The molecule has 1 unspecified atom stereocenters. The van der Waals surface area contributed by atoms with Crippen LogP contribution in [0.5, 0.6) is 11.5 Å². The Morgan fingerprint density at radius 2 is 2.12 bits per heavy atom. The third-order valence-corrected chi connectivity index (χ3v) is 4.34. The highest BCUT2D eigenvalue weighted by Gasteiger charge is 2.13. The van der Waals surface area contributed by atoms with Crippen LogP contribution in [0.15, 0.2) is 53.6 Å². The number of rotatable bonds is 8. The standard InChI is InChI=1S/C21H26N2O3/c1-16(18-7-5-11-22-15-18)6-4-12-23-19(10-13-24)17-8-9-20(25-2)21(14-17)26-3/h4,6,8-10,12-14,18,22H,1,5,7,11,15H2,2-3H3/b6-4-,19-10-,23-12+. The lowest BCUT2D eigenvalue weighted by Gasteiger charge is -2.22. The second-order valence-electron chi connectivity index (χ2n) is 6.01.